The quantitative estimate of drug-likeness (QED) is 0.371. The highest BCUT2D eigenvalue weighted by atomic mass is 19.4. The van der Waals surface area contributed by atoms with E-state index < -0.39 is 17.8 Å². The number of alkyl halides is 3. The van der Waals surface area contributed by atoms with E-state index in [-0.39, 0.29) is 22.6 Å². The molecule has 4 aromatic rings. The molecule has 0 unspecified atom stereocenters. The Hall–Kier alpha value is -4.26. The molecule has 0 bridgehead atoms. The predicted octanol–water partition coefficient (Wildman–Crippen LogP) is 6.70. The van der Waals surface area contributed by atoms with Crippen LogP contribution in [-0.2, 0) is 6.18 Å². The van der Waals surface area contributed by atoms with Crippen LogP contribution in [0.1, 0.15) is 27.3 Å². The molecule has 0 atom stereocenters. The van der Waals surface area contributed by atoms with Crippen molar-refractivity contribution in [2.75, 3.05) is 0 Å². The lowest BCUT2D eigenvalue weighted by molar-refractivity contribution is -0.141. The maximum Gasteiger partial charge on any atom is 0.433 e. The number of benzene rings is 3. The third-order valence-electron chi connectivity index (χ3n) is 4.89. The molecule has 3 aromatic carbocycles. The van der Waals surface area contributed by atoms with Crippen molar-refractivity contribution in [2.45, 2.75) is 6.18 Å². The van der Waals surface area contributed by atoms with Gasteiger partial charge in [-0.1, -0.05) is 78.9 Å². The minimum atomic E-state index is -4.74. The summed E-state index contributed by atoms with van der Waals surface area (Å²) < 4.78 is 41.0. The van der Waals surface area contributed by atoms with Crippen molar-refractivity contribution < 1.29 is 23.1 Å². The molecule has 1 aromatic heterocycles. The minimum Gasteiger partial charge on any atom is -0.478 e. The first kappa shape index (κ1) is 22.0. The molecule has 0 aliphatic heterocycles. The van der Waals surface area contributed by atoms with E-state index in [0.29, 0.717) is 11.1 Å². The number of aromatic nitrogens is 2. The van der Waals surface area contributed by atoms with Crippen LogP contribution >= 0.6 is 0 Å². The lowest BCUT2D eigenvalue weighted by Gasteiger charge is -2.14. The van der Waals surface area contributed by atoms with E-state index in [0.717, 1.165) is 11.6 Å². The highest BCUT2D eigenvalue weighted by molar-refractivity contribution is 6.00. The molecule has 0 spiro atoms. The molecular weight excluding hydrogens is 429 g/mol. The predicted molar refractivity (Wildman–Crippen MR) is 120 cm³/mol. The van der Waals surface area contributed by atoms with Gasteiger partial charge >= 0.3 is 12.1 Å². The van der Waals surface area contributed by atoms with Crippen LogP contribution in [-0.4, -0.2) is 21.0 Å². The lowest BCUT2D eigenvalue weighted by Crippen LogP contribution is -2.12. The number of carbonyl (C=O) groups is 1. The van der Waals surface area contributed by atoms with Gasteiger partial charge in [-0.05, 0) is 34.9 Å². The molecule has 0 radical (unpaired) electrons. The summed E-state index contributed by atoms with van der Waals surface area (Å²) in [6.45, 7) is 0. The Morgan fingerprint density at radius 2 is 1.48 bits per heavy atom. The number of halogens is 3. The van der Waals surface area contributed by atoms with Crippen molar-refractivity contribution in [3.8, 4) is 22.5 Å². The van der Waals surface area contributed by atoms with Crippen molar-refractivity contribution >= 4 is 18.1 Å². The van der Waals surface area contributed by atoms with Crippen LogP contribution in [0.4, 0.5) is 13.2 Å². The Bertz CT molecular complexity index is 1320. The van der Waals surface area contributed by atoms with Crippen molar-refractivity contribution in [2.24, 2.45) is 0 Å². The van der Waals surface area contributed by atoms with Crippen LogP contribution in [0.2, 0.25) is 0 Å². The highest BCUT2D eigenvalue weighted by Crippen LogP contribution is 2.36. The van der Waals surface area contributed by atoms with E-state index in [1.54, 1.807) is 60.7 Å². The first-order valence-corrected chi connectivity index (χ1v) is 9.94. The van der Waals surface area contributed by atoms with Crippen LogP contribution in [0.15, 0.2) is 84.9 Å². The molecule has 1 N–H and O–H groups in total. The Kier molecular flexibility index (Phi) is 6.04. The topological polar surface area (TPSA) is 63.1 Å². The molecule has 0 saturated heterocycles. The number of rotatable bonds is 5. The average Bonchev–Trinajstić information content (AvgIpc) is 2.82. The van der Waals surface area contributed by atoms with Crippen LogP contribution < -0.4 is 0 Å². The fraction of sp³-hybridized carbons (Fsp3) is 0.0385. The van der Waals surface area contributed by atoms with Gasteiger partial charge in [-0.25, -0.2) is 14.8 Å². The summed E-state index contributed by atoms with van der Waals surface area (Å²) in [5.74, 6) is -1.60. The first-order valence-electron chi connectivity index (χ1n) is 9.94. The monoisotopic (exact) mass is 446 g/mol. The molecule has 0 saturated carbocycles. The van der Waals surface area contributed by atoms with E-state index in [4.69, 9.17) is 0 Å². The second-order valence-corrected chi connectivity index (χ2v) is 7.14. The van der Waals surface area contributed by atoms with Crippen molar-refractivity contribution in [1.82, 2.24) is 9.97 Å². The minimum absolute atomic E-state index is 0.00961. The van der Waals surface area contributed by atoms with E-state index in [9.17, 15) is 23.1 Å². The van der Waals surface area contributed by atoms with Crippen LogP contribution in [0.25, 0.3) is 34.7 Å². The molecule has 7 heteroatoms. The summed E-state index contributed by atoms with van der Waals surface area (Å²) in [6, 6.07) is 23.2. The first-order chi connectivity index (χ1) is 15.8. The molecule has 4 rings (SSSR count). The van der Waals surface area contributed by atoms with Gasteiger partial charge in [-0.3, -0.25) is 0 Å². The third kappa shape index (κ3) is 4.98. The molecule has 0 fully saturated rings. The summed E-state index contributed by atoms with van der Waals surface area (Å²) in [6.07, 6.45) is -1.66. The molecule has 0 aliphatic rings. The van der Waals surface area contributed by atoms with Crippen molar-refractivity contribution in [1.29, 1.82) is 0 Å². The summed E-state index contributed by atoms with van der Waals surface area (Å²) in [5.41, 5.74) is 0.535. The number of carboxylic acid groups (broad SMARTS) is 1. The smallest absolute Gasteiger partial charge is 0.433 e. The Morgan fingerprint density at radius 1 is 0.818 bits per heavy atom. The molecule has 0 aliphatic carbocycles. The fourth-order valence-electron chi connectivity index (χ4n) is 3.38. The van der Waals surface area contributed by atoms with E-state index in [2.05, 4.69) is 9.97 Å². The van der Waals surface area contributed by atoms with Crippen molar-refractivity contribution in [3.63, 3.8) is 0 Å². The van der Waals surface area contributed by atoms with Gasteiger partial charge in [-0.2, -0.15) is 13.2 Å². The highest BCUT2D eigenvalue weighted by Gasteiger charge is 2.34. The number of hydrogen-bond acceptors (Lipinski definition) is 3. The normalized spacial score (nSPS) is 11.6. The molecule has 164 valence electrons. The number of carboxylic acids is 1. The van der Waals surface area contributed by atoms with E-state index in [1.807, 2.05) is 18.2 Å². The average molecular weight is 446 g/mol. The second-order valence-electron chi connectivity index (χ2n) is 7.14. The second kappa shape index (κ2) is 9.08. The Labute approximate surface area is 187 Å². The SMILES string of the molecule is O=C(O)c1cccc(-c2ccccc2)c1-c1nc(/C=C/c2ccccc2)cc(C(F)(F)F)n1. The summed E-state index contributed by atoms with van der Waals surface area (Å²) in [4.78, 5) is 20.0. The van der Waals surface area contributed by atoms with Gasteiger partial charge < -0.3 is 5.11 Å². The van der Waals surface area contributed by atoms with E-state index >= 15 is 0 Å². The van der Waals surface area contributed by atoms with Gasteiger partial charge in [0.15, 0.2) is 5.82 Å². The Morgan fingerprint density at radius 3 is 2.12 bits per heavy atom. The maximum absolute atomic E-state index is 13.7. The van der Waals surface area contributed by atoms with Crippen LogP contribution in [0, 0.1) is 0 Å². The zero-order valence-corrected chi connectivity index (χ0v) is 17.1. The number of aromatic carboxylic acids is 1. The molecule has 0 amide bonds. The standard InChI is InChI=1S/C26H17F3N2O2/c27-26(28,29)22-16-19(15-14-17-8-3-1-4-9-17)30-24(31-22)23-20(18-10-5-2-6-11-18)12-7-13-21(23)25(32)33/h1-16H,(H,32,33)/b15-14+. The van der Waals surface area contributed by atoms with Gasteiger partial charge in [-0.15, -0.1) is 0 Å². The zero-order valence-electron chi connectivity index (χ0n) is 17.1. The molecule has 33 heavy (non-hydrogen) atoms. The summed E-state index contributed by atoms with van der Waals surface area (Å²) in [7, 11) is 0. The van der Waals surface area contributed by atoms with E-state index in [1.165, 1.54) is 12.1 Å². The third-order valence-corrected chi connectivity index (χ3v) is 4.89. The van der Waals surface area contributed by atoms with Gasteiger partial charge in [0.1, 0.15) is 5.69 Å². The number of hydrogen-bond donors (Lipinski definition) is 1. The van der Waals surface area contributed by atoms with Gasteiger partial charge in [0.2, 0.25) is 0 Å². The van der Waals surface area contributed by atoms with Crippen molar-refractivity contribution in [3.05, 3.63) is 107 Å². The number of nitrogens with zero attached hydrogens (tertiary/aromatic N) is 2. The maximum atomic E-state index is 13.7. The molecule has 4 nitrogen and oxygen atoms in total. The Balaban J connectivity index is 1.95. The van der Waals surface area contributed by atoms with Gasteiger partial charge in [0.25, 0.3) is 0 Å². The van der Waals surface area contributed by atoms with Crippen LogP contribution in [0.5, 0.6) is 0 Å². The lowest BCUT2D eigenvalue weighted by atomic mass is 9.94. The van der Waals surface area contributed by atoms with Gasteiger partial charge in [0, 0.05) is 5.56 Å². The molecule has 1 heterocycles. The van der Waals surface area contributed by atoms with Crippen LogP contribution in [0.3, 0.4) is 0 Å². The summed E-state index contributed by atoms with van der Waals surface area (Å²) >= 11 is 0. The van der Waals surface area contributed by atoms with Gasteiger partial charge in [0.05, 0.1) is 11.3 Å². The molecular formula is C26H17F3N2O2. The zero-order chi connectivity index (χ0) is 23.4. The summed E-state index contributed by atoms with van der Waals surface area (Å²) in [5, 5.41) is 9.76. The largest absolute Gasteiger partial charge is 0.478 e. The fourth-order valence-corrected chi connectivity index (χ4v) is 3.38.